The van der Waals surface area contributed by atoms with Crippen LogP contribution in [0.25, 0.3) is 0 Å². The van der Waals surface area contributed by atoms with Crippen molar-refractivity contribution in [1.29, 1.82) is 0 Å². The van der Waals surface area contributed by atoms with Crippen LogP contribution in [0.5, 0.6) is 0 Å². The van der Waals surface area contributed by atoms with Gasteiger partial charge in [0.2, 0.25) is 5.91 Å². The van der Waals surface area contributed by atoms with Crippen LogP contribution in [0.3, 0.4) is 0 Å². The molecule has 2 unspecified atom stereocenters. The Morgan fingerprint density at radius 1 is 0.952 bits per heavy atom. The fraction of sp³-hybridized carbons (Fsp3) is 0.611. The number of carbonyl (C=O) groups excluding carboxylic acids is 1. The summed E-state index contributed by atoms with van der Waals surface area (Å²) >= 11 is 0. The fourth-order valence-electron chi connectivity index (χ4n) is 2.17. The largest absolute Gasteiger partial charge is 0.354 e. The Labute approximate surface area is 129 Å². The van der Waals surface area contributed by atoms with E-state index >= 15 is 0 Å². The van der Waals surface area contributed by atoms with E-state index in [1.807, 2.05) is 6.92 Å². The van der Waals surface area contributed by atoms with E-state index in [4.69, 9.17) is 0 Å². The van der Waals surface area contributed by atoms with Crippen LogP contribution in [-0.2, 0) is 4.79 Å². The van der Waals surface area contributed by atoms with Crippen molar-refractivity contribution in [3.8, 4) is 0 Å². The normalized spacial score (nSPS) is 14.3. The van der Waals surface area contributed by atoms with E-state index in [0.717, 1.165) is 6.54 Å². The van der Waals surface area contributed by atoms with Crippen molar-refractivity contribution in [2.45, 2.75) is 59.5 Å². The van der Waals surface area contributed by atoms with Gasteiger partial charge in [-0.1, -0.05) is 52.0 Å². The van der Waals surface area contributed by atoms with Gasteiger partial charge >= 0.3 is 0 Å². The molecule has 1 amide bonds. The molecule has 0 spiro atoms. The lowest BCUT2D eigenvalue weighted by atomic mass is 9.99. The predicted octanol–water partition coefficient (Wildman–Crippen LogP) is 3.62. The molecule has 0 radical (unpaired) electrons. The van der Waals surface area contributed by atoms with Gasteiger partial charge in [0, 0.05) is 12.6 Å². The minimum atomic E-state index is -0.191. The monoisotopic (exact) mass is 290 g/mol. The van der Waals surface area contributed by atoms with Gasteiger partial charge in [0.1, 0.15) is 0 Å². The number of rotatable bonds is 7. The van der Waals surface area contributed by atoms with Crippen LogP contribution in [0.2, 0.25) is 0 Å². The molecule has 3 heteroatoms. The molecule has 0 aliphatic carbocycles. The lowest BCUT2D eigenvalue weighted by Gasteiger charge is -2.21. The molecule has 0 saturated carbocycles. The quantitative estimate of drug-likeness (QED) is 0.805. The van der Waals surface area contributed by atoms with Crippen LogP contribution in [0.15, 0.2) is 24.3 Å². The first kappa shape index (κ1) is 17.7. The number of hydrogen-bond donors (Lipinski definition) is 2. The standard InChI is InChI=1S/C18H30N2O/c1-12(2)11-19-18(21)15(6)20-14(5)17-9-7-16(8-10-17)13(3)4/h7-10,12-15,20H,11H2,1-6H3,(H,19,21). The molecule has 0 bridgehead atoms. The Balaban J connectivity index is 2.55. The van der Waals surface area contributed by atoms with Crippen molar-refractivity contribution in [3.05, 3.63) is 35.4 Å². The van der Waals surface area contributed by atoms with Gasteiger partial charge in [-0.05, 0) is 36.8 Å². The van der Waals surface area contributed by atoms with Crippen LogP contribution >= 0.6 is 0 Å². The van der Waals surface area contributed by atoms with Gasteiger partial charge in [-0.25, -0.2) is 0 Å². The second-order valence-corrected chi connectivity index (χ2v) is 6.57. The number of amides is 1. The highest BCUT2D eigenvalue weighted by Gasteiger charge is 2.16. The minimum absolute atomic E-state index is 0.0642. The maximum absolute atomic E-state index is 12.0. The second-order valence-electron chi connectivity index (χ2n) is 6.57. The van der Waals surface area contributed by atoms with Crippen molar-refractivity contribution in [1.82, 2.24) is 10.6 Å². The smallest absolute Gasteiger partial charge is 0.236 e. The van der Waals surface area contributed by atoms with E-state index in [-0.39, 0.29) is 18.0 Å². The van der Waals surface area contributed by atoms with Crippen LogP contribution < -0.4 is 10.6 Å². The Hall–Kier alpha value is -1.35. The van der Waals surface area contributed by atoms with Crippen LogP contribution in [0, 0.1) is 5.92 Å². The zero-order valence-corrected chi connectivity index (χ0v) is 14.2. The Morgan fingerprint density at radius 3 is 1.95 bits per heavy atom. The first-order chi connectivity index (χ1) is 9.81. The topological polar surface area (TPSA) is 41.1 Å². The second kappa shape index (κ2) is 8.18. The summed E-state index contributed by atoms with van der Waals surface area (Å²) in [4.78, 5) is 12.0. The van der Waals surface area contributed by atoms with Gasteiger partial charge in [0.25, 0.3) is 0 Å². The Morgan fingerprint density at radius 2 is 1.48 bits per heavy atom. The average molecular weight is 290 g/mol. The highest BCUT2D eigenvalue weighted by atomic mass is 16.2. The van der Waals surface area contributed by atoms with E-state index < -0.39 is 0 Å². The summed E-state index contributed by atoms with van der Waals surface area (Å²) in [6.07, 6.45) is 0. The molecular formula is C18H30N2O. The number of carbonyl (C=O) groups is 1. The molecule has 1 aromatic carbocycles. The van der Waals surface area contributed by atoms with Crippen LogP contribution in [-0.4, -0.2) is 18.5 Å². The molecule has 3 nitrogen and oxygen atoms in total. The van der Waals surface area contributed by atoms with Gasteiger partial charge in [0.05, 0.1) is 6.04 Å². The van der Waals surface area contributed by atoms with Gasteiger partial charge in [-0.3, -0.25) is 10.1 Å². The third kappa shape index (κ3) is 5.88. The third-order valence-electron chi connectivity index (χ3n) is 3.68. The van der Waals surface area contributed by atoms with Gasteiger partial charge in [-0.15, -0.1) is 0 Å². The van der Waals surface area contributed by atoms with E-state index in [0.29, 0.717) is 11.8 Å². The highest BCUT2D eigenvalue weighted by Crippen LogP contribution is 2.18. The Kier molecular flexibility index (Phi) is 6.90. The van der Waals surface area contributed by atoms with Gasteiger partial charge in [0.15, 0.2) is 0 Å². The molecule has 1 rings (SSSR count). The van der Waals surface area contributed by atoms with Crippen LogP contribution in [0.1, 0.15) is 64.6 Å². The maximum atomic E-state index is 12.0. The first-order valence-corrected chi connectivity index (χ1v) is 7.94. The minimum Gasteiger partial charge on any atom is -0.354 e. The number of hydrogen-bond acceptors (Lipinski definition) is 2. The van der Waals surface area contributed by atoms with E-state index in [2.05, 4.69) is 69.5 Å². The zero-order valence-electron chi connectivity index (χ0n) is 14.2. The first-order valence-electron chi connectivity index (χ1n) is 7.94. The molecule has 2 atom stereocenters. The molecule has 2 N–H and O–H groups in total. The van der Waals surface area contributed by atoms with Crippen molar-refractivity contribution < 1.29 is 4.79 Å². The fourth-order valence-corrected chi connectivity index (χ4v) is 2.17. The predicted molar refractivity (Wildman–Crippen MR) is 89.4 cm³/mol. The van der Waals surface area contributed by atoms with E-state index in [9.17, 15) is 4.79 Å². The van der Waals surface area contributed by atoms with Crippen molar-refractivity contribution in [3.63, 3.8) is 0 Å². The van der Waals surface area contributed by atoms with Crippen molar-refractivity contribution in [2.24, 2.45) is 5.92 Å². The molecule has 21 heavy (non-hydrogen) atoms. The van der Waals surface area contributed by atoms with Crippen molar-refractivity contribution >= 4 is 5.91 Å². The highest BCUT2D eigenvalue weighted by molar-refractivity contribution is 5.81. The SMILES string of the molecule is CC(C)CNC(=O)C(C)NC(C)c1ccc(C(C)C)cc1. The molecule has 1 aromatic rings. The van der Waals surface area contributed by atoms with Crippen molar-refractivity contribution in [2.75, 3.05) is 6.54 Å². The summed E-state index contributed by atoms with van der Waals surface area (Å²) in [5.41, 5.74) is 2.55. The summed E-state index contributed by atoms with van der Waals surface area (Å²) in [6, 6.07) is 8.59. The molecule has 0 saturated heterocycles. The molecular weight excluding hydrogens is 260 g/mol. The molecule has 118 valence electrons. The summed E-state index contributed by atoms with van der Waals surface area (Å²) in [5.74, 6) is 1.08. The molecule has 0 aliphatic rings. The lowest BCUT2D eigenvalue weighted by Crippen LogP contribution is -2.44. The summed E-state index contributed by atoms with van der Waals surface area (Å²) < 4.78 is 0. The van der Waals surface area contributed by atoms with E-state index in [1.165, 1.54) is 11.1 Å². The molecule has 0 heterocycles. The molecule has 0 fully saturated rings. The zero-order chi connectivity index (χ0) is 16.0. The molecule has 0 aromatic heterocycles. The van der Waals surface area contributed by atoms with Crippen LogP contribution in [0.4, 0.5) is 0 Å². The number of benzene rings is 1. The van der Waals surface area contributed by atoms with E-state index in [1.54, 1.807) is 0 Å². The third-order valence-corrected chi connectivity index (χ3v) is 3.68. The Bertz CT molecular complexity index is 437. The number of nitrogens with one attached hydrogen (secondary N) is 2. The summed E-state index contributed by atoms with van der Waals surface area (Å²) in [7, 11) is 0. The van der Waals surface area contributed by atoms with Gasteiger partial charge < -0.3 is 5.32 Å². The average Bonchev–Trinajstić information content (AvgIpc) is 2.44. The maximum Gasteiger partial charge on any atom is 0.236 e. The summed E-state index contributed by atoms with van der Waals surface area (Å²) in [5, 5.41) is 6.32. The summed E-state index contributed by atoms with van der Waals surface area (Å²) in [6.45, 7) is 13.3. The lowest BCUT2D eigenvalue weighted by molar-refractivity contribution is -0.123. The molecule has 0 aliphatic heterocycles. The van der Waals surface area contributed by atoms with Gasteiger partial charge in [-0.2, -0.15) is 0 Å².